The number of amides is 1. The molecule has 0 bridgehead atoms. The van der Waals surface area contributed by atoms with Crippen LogP contribution in [0.25, 0.3) is 11.1 Å². The molecule has 0 unspecified atom stereocenters. The number of hydrogen-bond donors (Lipinski definition) is 0. The van der Waals surface area contributed by atoms with Gasteiger partial charge in [0.05, 0.1) is 6.54 Å². The molecule has 2 heterocycles. The summed E-state index contributed by atoms with van der Waals surface area (Å²) in [6.07, 6.45) is 1.02. The van der Waals surface area contributed by atoms with Crippen molar-refractivity contribution in [2.75, 3.05) is 39.3 Å². The molecule has 0 atom stereocenters. The number of aryl methyl sites for hydroxylation is 1. The maximum absolute atomic E-state index is 12.8. The van der Waals surface area contributed by atoms with E-state index in [1.807, 2.05) is 0 Å². The summed E-state index contributed by atoms with van der Waals surface area (Å²) >= 11 is 0. The molecule has 1 amide bonds. The molecular weight excluding hydrogens is 358 g/mol. The summed E-state index contributed by atoms with van der Waals surface area (Å²) in [5.74, 6) is 0.285. The lowest BCUT2D eigenvalue weighted by Gasteiger charge is -2.38. The Labute approximate surface area is 175 Å². The summed E-state index contributed by atoms with van der Waals surface area (Å²) in [5, 5.41) is 0. The molecule has 154 valence electrons. The summed E-state index contributed by atoms with van der Waals surface area (Å²) in [7, 11) is 0. The van der Waals surface area contributed by atoms with E-state index < -0.39 is 0 Å². The van der Waals surface area contributed by atoms with Crippen molar-refractivity contribution in [3.8, 4) is 11.1 Å². The zero-order valence-corrected chi connectivity index (χ0v) is 18.0. The van der Waals surface area contributed by atoms with E-state index >= 15 is 0 Å². The molecule has 4 heteroatoms. The van der Waals surface area contributed by atoms with Crippen molar-refractivity contribution in [3.63, 3.8) is 0 Å². The SMILES string of the molecule is Cc1ccc(-c2ccc3c(c2)CCN(CC(=O)N2CCN(C(C)C)CC2)C3)cc1. The molecule has 4 nitrogen and oxygen atoms in total. The smallest absolute Gasteiger partial charge is 0.236 e. The first kappa shape index (κ1) is 20.1. The number of carbonyl (C=O) groups is 1. The maximum Gasteiger partial charge on any atom is 0.236 e. The van der Waals surface area contributed by atoms with Crippen LogP contribution in [-0.2, 0) is 17.8 Å². The molecule has 1 saturated heterocycles. The molecule has 2 aromatic carbocycles. The lowest BCUT2D eigenvalue weighted by Crippen LogP contribution is -2.53. The van der Waals surface area contributed by atoms with Crippen LogP contribution < -0.4 is 0 Å². The zero-order valence-electron chi connectivity index (χ0n) is 18.0. The van der Waals surface area contributed by atoms with Crippen LogP contribution in [0.4, 0.5) is 0 Å². The summed E-state index contributed by atoms with van der Waals surface area (Å²) < 4.78 is 0. The number of benzene rings is 2. The summed E-state index contributed by atoms with van der Waals surface area (Å²) in [6.45, 7) is 12.7. The molecule has 0 saturated carbocycles. The van der Waals surface area contributed by atoms with E-state index in [2.05, 4.69) is 77.9 Å². The van der Waals surface area contributed by atoms with Gasteiger partial charge in [0.1, 0.15) is 0 Å². The minimum absolute atomic E-state index is 0.285. The summed E-state index contributed by atoms with van der Waals surface area (Å²) in [5.41, 5.74) is 6.65. The summed E-state index contributed by atoms with van der Waals surface area (Å²) in [4.78, 5) is 19.6. The van der Waals surface area contributed by atoms with Gasteiger partial charge in [-0.2, -0.15) is 0 Å². The number of fused-ring (bicyclic) bond motifs is 1. The fraction of sp³-hybridized carbons (Fsp3) is 0.480. The van der Waals surface area contributed by atoms with Gasteiger partial charge in [0.25, 0.3) is 0 Å². The van der Waals surface area contributed by atoms with Crippen molar-refractivity contribution in [1.82, 2.24) is 14.7 Å². The highest BCUT2D eigenvalue weighted by Gasteiger charge is 2.25. The molecule has 0 aliphatic carbocycles. The van der Waals surface area contributed by atoms with Gasteiger partial charge in [0.2, 0.25) is 5.91 Å². The zero-order chi connectivity index (χ0) is 20.4. The van der Waals surface area contributed by atoms with Crippen LogP contribution in [0.15, 0.2) is 42.5 Å². The normalized spacial score (nSPS) is 18.1. The third kappa shape index (κ3) is 4.71. The first-order chi connectivity index (χ1) is 14.0. The second-order valence-electron chi connectivity index (χ2n) is 8.82. The highest BCUT2D eigenvalue weighted by molar-refractivity contribution is 5.78. The fourth-order valence-corrected chi connectivity index (χ4v) is 4.45. The van der Waals surface area contributed by atoms with E-state index in [9.17, 15) is 4.79 Å². The predicted octanol–water partition coefficient (Wildman–Crippen LogP) is 3.57. The first-order valence-electron chi connectivity index (χ1n) is 10.9. The molecule has 2 aromatic rings. The number of hydrogen-bond acceptors (Lipinski definition) is 3. The number of carbonyl (C=O) groups excluding carboxylic acids is 1. The Morgan fingerprint density at radius 3 is 2.28 bits per heavy atom. The Bertz CT molecular complexity index is 851. The van der Waals surface area contributed by atoms with Crippen molar-refractivity contribution in [1.29, 1.82) is 0 Å². The lowest BCUT2D eigenvalue weighted by atomic mass is 9.94. The van der Waals surface area contributed by atoms with Crippen molar-refractivity contribution in [2.45, 2.75) is 39.8 Å². The van der Waals surface area contributed by atoms with E-state index in [1.54, 1.807) is 0 Å². The molecule has 4 rings (SSSR count). The molecule has 29 heavy (non-hydrogen) atoms. The Hall–Kier alpha value is -2.17. The number of piperazine rings is 1. The number of rotatable bonds is 4. The molecule has 0 spiro atoms. The van der Waals surface area contributed by atoms with Crippen molar-refractivity contribution in [3.05, 3.63) is 59.2 Å². The maximum atomic E-state index is 12.8. The third-order valence-electron chi connectivity index (χ3n) is 6.44. The van der Waals surface area contributed by atoms with Gasteiger partial charge in [-0.15, -0.1) is 0 Å². The van der Waals surface area contributed by atoms with Gasteiger partial charge in [0, 0.05) is 45.3 Å². The highest BCUT2D eigenvalue weighted by atomic mass is 16.2. The topological polar surface area (TPSA) is 26.8 Å². The van der Waals surface area contributed by atoms with Gasteiger partial charge in [0.15, 0.2) is 0 Å². The second kappa shape index (κ2) is 8.68. The second-order valence-corrected chi connectivity index (χ2v) is 8.82. The average molecular weight is 392 g/mol. The van der Waals surface area contributed by atoms with Gasteiger partial charge in [-0.05, 0) is 49.4 Å². The van der Waals surface area contributed by atoms with Crippen molar-refractivity contribution in [2.24, 2.45) is 0 Å². The van der Waals surface area contributed by atoms with Crippen LogP contribution in [0.5, 0.6) is 0 Å². The van der Waals surface area contributed by atoms with Crippen LogP contribution in [0.1, 0.15) is 30.5 Å². The molecular formula is C25H33N3O. The Morgan fingerprint density at radius 2 is 1.59 bits per heavy atom. The Kier molecular flexibility index (Phi) is 6.02. The van der Waals surface area contributed by atoms with E-state index in [4.69, 9.17) is 0 Å². The highest BCUT2D eigenvalue weighted by Crippen LogP contribution is 2.26. The Balaban J connectivity index is 1.35. The van der Waals surface area contributed by atoms with Crippen molar-refractivity contribution >= 4 is 5.91 Å². The summed E-state index contributed by atoms with van der Waals surface area (Å²) in [6, 6.07) is 16.1. The van der Waals surface area contributed by atoms with Crippen LogP contribution in [-0.4, -0.2) is 65.9 Å². The Morgan fingerprint density at radius 1 is 0.897 bits per heavy atom. The molecule has 0 aromatic heterocycles. The largest absolute Gasteiger partial charge is 0.339 e. The monoisotopic (exact) mass is 391 g/mol. The van der Waals surface area contributed by atoms with Gasteiger partial charge in [-0.25, -0.2) is 0 Å². The molecule has 0 N–H and O–H groups in total. The third-order valence-corrected chi connectivity index (χ3v) is 6.44. The standard InChI is InChI=1S/C25H33N3O/c1-19(2)27-12-14-28(15-13-27)25(29)18-26-11-10-23-16-22(8-9-24(23)17-26)21-6-4-20(3)5-7-21/h4-9,16,19H,10-15,17-18H2,1-3H3. The molecule has 2 aliphatic rings. The quantitative estimate of drug-likeness (QED) is 0.797. The number of nitrogens with zero attached hydrogens (tertiary/aromatic N) is 3. The molecule has 2 aliphatic heterocycles. The molecule has 1 fully saturated rings. The van der Waals surface area contributed by atoms with Crippen LogP contribution in [0.2, 0.25) is 0 Å². The molecule has 0 radical (unpaired) electrons. The van der Waals surface area contributed by atoms with E-state index in [1.165, 1.54) is 27.8 Å². The lowest BCUT2D eigenvalue weighted by molar-refractivity contribution is -0.134. The fourth-order valence-electron chi connectivity index (χ4n) is 4.45. The first-order valence-corrected chi connectivity index (χ1v) is 10.9. The average Bonchev–Trinajstić information content (AvgIpc) is 2.74. The van der Waals surface area contributed by atoms with E-state index in [0.717, 1.165) is 45.7 Å². The van der Waals surface area contributed by atoms with E-state index in [0.29, 0.717) is 12.6 Å². The van der Waals surface area contributed by atoms with Gasteiger partial charge in [-0.1, -0.05) is 48.0 Å². The van der Waals surface area contributed by atoms with Gasteiger partial charge < -0.3 is 4.90 Å². The van der Waals surface area contributed by atoms with Crippen LogP contribution in [0.3, 0.4) is 0 Å². The minimum atomic E-state index is 0.285. The van der Waals surface area contributed by atoms with Crippen LogP contribution >= 0.6 is 0 Å². The van der Waals surface area contributed by atoms with Gasteiger partial charge in [-0.3, -0.25) is 14.6 Å². The predicted molar refractivity (Wildman–Crippen MR) is 119 cm³/mol. The van der Waals surface area contributed by atoms with Crippen LogP contribution in [0, 0.1) is 6.92 Å². The minimum Gasteiger partial charge on any atom is -0.339 e. The van der Waals surface area contributed by atoms with Crippen molar-refractivity contribution < 1.29 is 4.79 Å². The van der Waals surface area contributed by atoms with E-state index in [-0.39, 0.29) is 5.91 Å². The van der Waals surface area contributed by atoms with Gasteiger partial charge >= 0.3 is 0 Å².